The summed E-state index contributed by atoms with van der Waals surface area (Å²) in [6.07, 6.45) is 0. The molecule has 2 rings (SSSR count). The van der Waals surface area contributed by atoms with E-state index >= 15 is 0 Å². The minimum atomic E-state index is -0.264. The molecule has 30 heavy (non-hydrogen) atoms. The lowest BCUT2D eigenvalue weighted by atomic mass is 10.1. The average molecular weight is 411 g/mol. The van der Waals surface area contributed by atoms with Crippen LogP contribution in [0.3, 0.4) is 0 Å². The fourth-order valence-corrected chi connectivity index (χ4v) is 3.59. The molecule has 0 saturated carbocycles. The topological polar surface area (TPSA) is 64.7 Å². The first-order chi connectivity index (χ1) is 14.4. The maximum absolute atomic E-state index is 12.6. The van der Waals surface area contributed by atoms with Crippen molar-refractivity contribution in [1.29, 1.82) is 0 Å². The zero-order chi connectivity index (χ0) is 22.1. The van der Waals surface area contributed by atoms with Gasteiger partial charge in [-0.2, -0.15) is 0 Å². The van der Waals surface area contributed by atoms with Gasteiger partial charge in [-0.15, -0.1) is 0 Å². The summed E-state index contributed by atoms with van der Waals surface area (Å²) in [5, 5.41) is 5.91. The van der Waals surface area contributed by atoms with Gasteiger partial charge in [0.05, 0.1) is 6.04 Å². The lowest BCUT2D eigenvalue weighted by Crippen LogP contribution is -2.45. The Balaban J connectivity index is 1.96. The van der Waals surface area contributed by atoms with Crippen LogP contribution in [0, 0.1) is 13.8 Å². The Hall–Kier alpha value is -2.86. The van der Waals surface area contributed by atoms with Crippen molar-refractivity contribution in [1.82, 2.24) is 15.1 Å². The molecule has 6 heteroatoms. The molecule has 2 N–H and O–H groups in total. The van der Waals surface area contributed by atoms with Crippen molar-refractivity contribution in [3.05, 3.63) is 65.2 Å². The van der Waals surface area contributed by atoms with Crippen molar-refractivity contribution in [2.75, 3.05) is 38.5 Å². The standard InChI is InChI=1S/C24H34N4O2/c1-6-28(7-2)21(20-14-9-8-10-15-20)16-25-24(30)27(5)17-22(29)26-23-18(3)12-11-13-19(23)4/h8-15,21H,6-7,16-17H2,1-5H3,(H,25,30)(H,26,29). The maximum atomic E-state index is 12.6. The van der Waals surface area contributed by atoms with E-state index in [1.165, 1.54) is 4.90 Å². The van der Waals surface area contributed by atoms with Crippen LogP contribution in [0.5, 0.6) is 0 Å². The molecule has 2 aromatic carbocycles. The number of nitrogens with one attached hydrogen (secondary N) is 2. The van der Waals surface area contributed by atoms with Gasteiger partial charge in [0.25, 0.3) is 0 Å². The molecule has 0 aliphatic heterocycles. The van der Waals surface area contributed by atoms with Crippen LogP contribution in [0.2, 0.25) is 0 Å². The first-order valence-electron chi connectivity index (χ1n) is 10.5. The fraction of sp³-hybridized carbons (Fsp3) is 0.417. The number of carbonyl (C=O) groups excluding carboxylic acids is 2. The van der Waals surface area contributed by atoms with Gasteiger partial charge < -0.3 is 15.5 Å². The maximum Gasteiger partial charge on any atom is 0.317 e. The van der Waals surface area contributed by atoms with Gasteiger partial charge in [0, 0.05) is 19.3 Å². The van der Waals surface area contributed by atoms with E-state index in [9.17, 15) is 9.59 Å². The summed E-state index contributed by atoms with van der Waals surface area (Å²) >= 11 is 0. The number of rotatable bonds is 9. The molecule has 2 aromatic rings. The predicted molar refractivity (Wildman–Crippen MR) is 123 cm³/mol. The summed E-state index contributed by atoms with van der Waals surface area (Å²) in [5.41, 5.74) is 3.97. The van der Waals surface area contributed by atoms with Crippen LogP contribution >= 0.6 is 0 Å². The van der Waals surface area contributed by atoms with Gasteiger partial charge in [-0.05, 0) is 43.6 Å². The van der Waals surface area contributed by atoms with E-state index in [1.807, 2.05) is 50.2 Å². The summed E-state index contributed by atoms with van der Waals surface area (Å²) in [5.74, 6) is -0.214. The van der Waals surface area contributed by atoms with Gasteiger partial charge in [-0.25, -0.2) is 4.79 Å². The van der Waals surface area contributed by atoms with Crippen LogP contribution in [-0.4, -0.2) is 55.0 Å². The van der Waals surface area contributed by atoms with Crippen LogP contribution in [0.1, 0.15) is 36.6 Å². The van der Waals surface area contributed by atoms with Crippen LogP contribution in [0.15, 0.2) is 48.5 Å². The van der Waals surface area contributed by atoms with Crippen molar-refractivity contribution in [2.45, 2.75) is 33.7 Å². The van der Waals surface area contributed by atoms with Crippen molar-refractivity contribution in [3.63, 3.8) is 0 Å². The average Bonchev–Trinajstić information content (AvgIpc) is 2.74. The minimum Gasteiger partial charge on any atom is -0.336 e. The molecule has 0 heterocycles. The lowest BCUT2D eigenvalue weighted by Gasteiger charge is -2.31. The first kappa shape index (κ1) is 23.4. The van der Waals surface area contributed by atoms with Crippen molar-refractivity contribution in [3.8, 4) is 0 Å². The number of benzene rings is 2. The van der Waals surface area contributed by atoms with Gasteiger partial charge in [-0.1, -0.05) is 62.4 Å². The molecule has 0 radical (unpaired) electrons. The van der Waals surface area contributed by atoms with E-state index in [4.69, 9.17) is 0 Å². The third-order valence-electron chi connectivity index (χ3n) is 5.36. The van der Waals surface area contributed by atoms with E-state index < -0.39 is 0 Å². The zero-order valence-electron chi connectivity index (χ0n) is 18.7. The van der Waals surface area contributed by atoms with E-state index in [1.54, 1.807) is 7.05 Å². The summed E-state index contributed by atoms with van der Waals surface area (Å²) < 4.78 is 0. The van der Waals surface area contributed by atoms with Gasteiger partial charge >= 0.3 is 6.03 Å². The highest BCUT2D eigenvalue weighted by Crippen LogP contribution is 2.20. The first-order valence-corrected chi connectivity index (χ1v) is 10.5. The molecule has 0 spiro atoms. The monoisotopic (exact) mass is 410 g/mol. The Morgan fingerprint density at radius 2 is 1.53 bits per heavy atom. The number of hydrogen-bond acceptors (Lipinski definition) is 3. The van der Waals surface area contributed by atoms with Crippen molar-refractivity contribution in [2.24, 2.45) is 0 Å². The summed E-state index contributed by atoms with van der Waals surface area (Å²) in [4.78, 5) is 28.8. The normalized spacial score (nSPS) is 11.8. The van der Waals surface area contributed by atoms with Gasteiger partial charge in [0.2, 0.25) is 5.91 Å². The van der Waals surface area contributed by atoms with Gasteiger partial charge in [0.15, 0.2) is 0 Å². The number of hydrogen-bond donors (Lipinski definition) is 2. The number of likely N-dealkylation sites (N-methyl/N-ethyl adjacent to an activating group) is 2. The molecule has 162 valence electrons. The molecular weight excluding hydrogens is 376 g/mol. The highest BCUT2D eigenvalue weighted by molar-refractivity contribution is 5.95. The molecule has 1 unspecified atom stereocenters. The van der Waals surface area contributed by atoms with Crippen molar-refractivity contribution < 1.29 is 9.59 Å². The van der Waals surface area contributed by atoms with E-state index in [0.29, 0.717) is 6.54 Å². The number of amides is 3. The molecule has 3 amide bonds. The quantitative estimate of drug-likeness (QED) is 0.658. The molecule has 6 nitrogen and oxygen atoms in total. The van der Waals surface area contributed by atoms with Crippen LogP contribution in [0.4, 0.5) is 10.5 Å². The Morgan fingerprint density at radius 1 is 0.933 bits per heavy atom. The van der Waals surface area contributed by atoms with E-state index in [-0.39, 0.29) is 24.5 Å². The third kappa shape index (κ3) is 6.32. The lowest BCUT2D eigenvalue weighted by molar-refractivity contribution is -0.116. The second-order valence-corrected chi connectivity index (χ2v) is 7.50. The molecule has 0 bridgehead atoms. The summed E-state index contributed by atoms with van der Waals surface area (Å²) in [6.45, 7) is 10.4. The number of nitrogens with zero attached hydrogens (tertiary/aromatic N) is 2. The number of urea groups is 1. The Labute approximate surface area is 180 Å². The zero-order valence-corrected chi connectivity index (χ0v) is 18.7. The van der Waals surface area contributed by atoms with E-state index in [0.717, 1.165) is 35.5 Å². The number of para-hydroxylation sites is 1. The summed E-state index contributed by atoms with van der Waals surface area (Å²) in [7, 11) is 1.63. The molecule has 0 aliphatic carbocycles. The Morgan fingerprint density at radius 3 is 2.10 bits per heavy atom. The smallest absolute Gasteiger partial charge is 0.317 e. The number of anilines is 1. The fourth-order valence-electron chi connectivity index (χ4n) is 3.59. The largest absolute Gasteiger partial charge is 0.336 e. The molecular formula is C24H34N4O2. The molecule has 0 aromatic heterocycles. The number of carbonyl (C=O) groups is 2. The Bertz CT molecular complexity index is 814. The van der Waals surface area contributed by atoms with Crippen LogP contribution < -0.4 is 10.6 Å². The van der Waals surface area contributed by atoms with Gasteiger partial charge in [-0.3, -0.25) is 9.69 Å². The van der Waals surface area contributed by atoms with Crippen molar-refractivity contribution >= 4 is 17.6 Å². The molecule has 0 saturated heterocycles. The molecule has 0 fully saturated rings. The predicted octanol–water partition coefficient (Wildman–Crippen LogP) is 3.97. The Kier molecular flexibility index (Phi) is 8.87. The highest BCUT2D eigenvalue weighted by atomic mass is 16.2. The van der Waals surface area contributed by atoms with Crippen LogP contribution in [-0.2, 0) is 4.79 Å². The third-order valence-corrected chi connectivity index (χ3v) is 5.36. The minimum absolute atomic E-state index is 0.0130. The molecule has 0 aliphatic rings. The SMILES string of the molecule is CCN(CC)C(CNC(=O)N(C)CC(=O)Nc1c(C)cccc1C)c1ccccc1. The van der Waals surface area contributed by atoms with E-state index in [2.05, 4.69) is 41.5 Å². The summed E-state index contributed by atoms with van der Waals surface area (Å²) in [6, 6.07) is 15.9. The second-order valence-electron chi connectivity index (χ2n) is 7.50. The molecule has 1 atom stereocenters. The van der Waals surface area contributed by atoms with Gasteiger partial charge in [0.1, 0.15) is 6.54 Å². The number of aryl methyl sites for hydroxylation is 2. The second kappa shape index (κ2) is 11.4. The highest BCUT2D eigenvalue weighted by Gasteiger charge is 2.20. The van der Waals surface area contributed by atoms with Crippen LogP contribution in [0.25, 0.3) is 0 Å².